The highest BCUT2D eigenvalue weighted by Gasteiger charge is 2.45. The zero-order valence-electron chi connectivity index (χ0n) is 17.1. The highest BCUT2D eigenvalue weighted by atomic mass is 16.2. The van der Waals surface area contributed by atoms with E-state index in [0.29, 0.717) is 5.91 Å². The van der Waals surface area contributed by atoms with Gasteiger partial charge in [0, 0.05) is 31.6 Å². The van der Waals surface area contributed by atoms with Crippen molar-refractivity contribution in [1.29, 1.82) is 0 Å². The number of amides is 1. The minimum atomic E-state index is 0.0729. The molecule has 0 unspecified atom stereocenters. The summed E-state index contributed by atoms with van der Waals surface area (Å²) in [7, 11) is 0. The Bertz CT molecular complexity index is 786. The summed E-state index contributed by atoms with van der Waals surface area (Å²) < 4.78 is 0. The lowest BCUT2D eigenvalue weighted by molar-refractivity contribution is -0.132. The van der Waals surface area contributed by atoms with Crippen LogP contribution in [0.3, 0.4) is 0 Å². The van der Waals surface area contributed by atoms with Crippen molar-refractivity contribution in [3.8, 4) is 0 Å². The first-order chi connectivity index (χ1) is 13.6. The van der Waals surface area contributed by atoms with Gasteiger partial charge in [-0.3, -0.25) is 4.79 Å². The van der Waals surface area contributed by atoms with Crippen LogP contribution in [-0.2, 0) is 17.8 Å². The molecular weight excluding hydrogens is 344 g/mol. The summed E-state index contributed by atoms with van der Waals surface area (Å²) in [6.45, 7) is 6.25. The number of nitrogens with zero attached hydrogens (tertiary/aromatic N) is 2. The second kappa shape index (κ2) is 8.48. The third-order valence-corrected chi connectivity index (χ3v) is 6.71. The number of likely N-dealkylation sites (tertiary alicyclic amines) is 2. The number of carbonyl (C=O) groups is 1. The minimum Gasteiger partial charge on any atom is -0.333 e. The summed E-state index contributed by atoms with van der Waals surface area (Å²) in [5.74, 6) is 0.346. The average Bonchev–Trinajstić information content (AvgIpc) is 2.89. The molecule has 0 bridgehead atoms. The number of carbonyl (C=O) groups excluding carboxylic acids is 1. The number of rotatable bonds is 5. The summed E-state index contributed by atoms with van der Waals surface area (Å²) in [5.41, 5.74) is 4.02. The molecule has 2 aliphatic rings. The molecule has 2 aromatic carbocycles. The molecule has 4 rings (SSSR count). The highest BCUT2D eigenvalue weighted by molar-refractivity contribution is 5.79. The lowest BCUT2D eigenvalue weighted by Crippen LogP contribution is -2.46. The molecule has 0 N–H and O–H groups in total. The summed E-state index contributed by atoms with van der Waals surface area (Å²) >= 11 is 0. The first-order valence-electron chi connectivity index (χ1n) is 10.8. The lowest BCUT2D eigenvalue weighted by Gasteiger charge is -2.38. The van der Waals surface area contributed by atoms with Crippen LogP contribution in [0.2, 0.25) is 0 Å². The molecule has 28 heavy (non-hydrogen) atoms. The second-order valence-electron chi connectivity index (χ2n) is 8.62. The van der Waals surface area contributed by atoms with Crippen molar-refractivity contribution in [3.05, 3.63) is 71.3 Å². The predicted molar refractivity (Wildman–Crippen MR) is 114 cm³/mol. The van der Waals surface area contributed by atoms with E-state index in [-0.39, 0.29) is 5.54 Å². The Morgan fingerprint density at radius 1 is 0.893 bits per heavy atom. The molecule has 2 aliphatic heterocycles. The first-order valence-corrected chi connectivity index (χ1v) is 10.8. The van der Waals surface area contributed by atoms with E-state index in [4.69, 9.17) is 0 Å². The number of hydrogen-bond acceptors (Lipinski definition) is 2. The fourth-order valence-electron chi connectivity index (χ4n) is 4.92. The van der Waals surface area contributed by atoms with Gasteiger partial charge in [0.05, 0.1) is 0 Å². The van der Waals surface area contributed by atoms with Crippen LogP contribution in [0.5, 0.6) is 0 Å². The topological polar surface area (TPSA) is 23.6 Å². The zero-order valence-corrected chi connectivity index (χ0v) is 17.1. The van der Waals surface area contributed by atoms with Crippen molar-refractivity contribution in [2.45, 2.75) is 57.5 Å². The van der Waals surface area contributed by atoms with Crippen LogP contribution >= 0.6 is 0 Å². The summed E-state index contributed by atoms with van der Waals surface area (Å²) in [6.07, 6.45) is 6.30. The Labute approximate surface area is 169 Å². The summed E-state index contributed by atoms with van der Waals surface area (Å²) in [4.78, 5) is 17.6. The Hall–Kier alpha value is -2.13. The lowest BCUT2D eigenvalue weighted by atomic mass is 9.87. The minimum absolute atomic E-state index is 0.0729. The molecule has 0 aliphatic carbocycles. The Kier molecular flexibility index (Phi) is 5.82. The van der Waals surface area contributed by atoms with Gasteiger partial charge in [-0.2, -0.15) is 0 Å². The molecule has 2 heterocycles. The molecule has 3 heteroatoms. The molecule has 2 aromatic rings. The van der Waals surface area contributed by atoms with Gasteiger partial charge in [0.25, 0.3) is 0 Å². The smallest absolute Gasteiger partial charge is 0.223 e. The number of aryl methyl sites for hydroxylation is 1. The highest BCUT2D eigenvalue weighted by Crippen LogP contribution is 2.40. The molecule has 1 atom stereocenters. The molecule has 2 fully saturated rings. The standard InChI is InChI=1S/C25H32N2O/c1-21-8-10-23(11-9-21)20-27-24(28)12-15-25(27)14-5-17-26(19-16-25)18-13-22-6-3-2-4-7-22/h2-4,6-11H,5,12-20H2,1H3/t25-/m0/s1. The van der Waals surface area contributed by atoms with Crippen molar-refractivity contribution < 1.29 is 4.79 Å². The van der Waals surface area contributed by atoms with Crippen molar-refractivity contribution in [3.63, 3.8) is 0 Å². The molecule has 0 radical (unpaired) electrons. The van der Waals surface area contributed by atoms with Gasteiger partial charge in [0.2, 0.25) is 5.91 Å². The van der Waals surface area contributed by atoms with Gasteiger partial charge < -0.3 is 9.80 Å². The van der Waals surface area contributed by atoms with E-state index in [0.717, 1.165) is 58.3 Å². The second-order valence-corrected chi connectivity index (χ2v) is 8.62. The van der Waals surface area contributed by atoms with Crippen LogP contribution in [0.25, 0.3) is 0 Å². The Morgan fingerprint density at radius 3 is 2.46 bits per heavy atom. The van der Waals surface area contributed by atoms with Gasteiger partial charge in [-0.15, -0.1) is 0 Å². The van der Waals surface area contributed by atoms with Crippen molar-refractivity contribution in [2.75, 3.05) is 19.6 Å². The number of benzene rings is 2. The van der Waals surface area contributed by atoms with E-state index >= 15 is 0 Å². The van der Waals surface area contributed by atoms with Crippen LogP contribution in [0, 0.1) is 6.92 Å². The van der Waals surface area contributed by atoms with E-state index in [9.17, 15) is 4.79 Å². The van der Waals surface area contributed by atoms with Gasteiger partial charge in [-0.05, 0) is 56.7 Å². The number of hydrogen-bond donors (Lipinski definition) is 0. The van der Waals surface area contributed by atoms with Crippen LogP contribution in [0.4, 0.5) is 0 Å². The molecule has 0 saturated carbocycles. The van der Waals surface area contributed by atoms with Crippen LogP contribution in [0.1, 0.15) is 48.8 Å². The van der Waals surface area contributed by atoms with E-state index < -0.39 is 0 Å². The van der Waals surface area contributed by atoms with E-state index in [2.05, 4.69) is 71.3 Å². The van der Waals surface area contributed by atoms with Gasteiger partial charge in [-0.25, -0.2) is 0 Å². The first kappa shape index (κ1) is 19.2. The predicted octanol–water partition coefficient (Wildman–Crippen LogP) is 4.58. The van der Waals surface area contributed by atoms with Gasteiger partial charge in [0.15, 0.2) is 0 Å². The summed E-state index contributed by atoms with van der Waals surface area (Å²) in [5, 5.41) is 0. The monoisotopic (exact) mass is 376 g/mol. The molecule has 1 amide bonds. The van der Waals surface area contributed by atoms with E-state index in [1.54, 1.807) is 0 Å². The maximum absolute atomic E-state index is 12.7. The maximum Gasteiger partial charge on any atom is 0.223 e. The SMILES string of the molecule is Cc1ccc(CN2C(=O)CC[C@]23CCCN(CCc2ccccc2)CC3)cc1. The third-order valence-electron chi connectivity index (χ3n) is 6.71. The van der Waals surface area contributed by atoms with Crippen LogP contribution < -0.4 is 0 Å². The van der Waals surface area contributed by atoms with Crippen molar-refractivity contribution in [2.24, 2.45) is 0 Å². The molecule has 3 nitrogen and oxygen atoms in total. The molecule has 1 spiro atoms. The molecular formula is C25H32N2O. The van der Waals surface area contributed by atoms with E-state index in [1.165, 1.54) is 23.1 Å². The fraction of sp³-hybridized carbons (Fsp3) is 0.480. The van der Waals surface area contributed by atoms with Crippen LogP contribution in [-0.4, -0.2) is 40.9 Å². The third kappa shape index (κ3) is 4.30. The van der Waals surface area contributed by atoms with Gasteiger partial charge >= 0.3 is 0 Å². The largest absolute Gasteiger partial charge is 0.333 e. The Morgan fingerprint density at radius 2 is 1.68 bits per heavy atom. The molecule has 148 valence electrons. The average molecular weight is 377 g/mol. The quantitative estimate of drug-likeness (QED) is 0.762. The van der Waals surface area contributed by atoms with Crippen molar-refractivity contribution in [1.82, 2.24) is 9.80 Å². The maximum atomic E-state index is 12.7. The molecule has 2 saturated heterocycles. The zero-order chi connectivity index (χ0) is 19.4. The fourth-order valence-corrected chi connectivity index (χ4v) is 4.92. The van der Waals surface area contributed by atoms with Gasteiger partial charge in [0.1, 0.15) is 0 Å². The Balaban J connectivity index is 1.40. The van der Waals surface area contributed by atoms with E-state index in [1.807, 2.05) is 0 Å². The van der Waals surface area contributed by atoms with Gasteiger partial charge in [-0.1, -0.05) is 60.2 Å². The molecule has 0 aromatic heterocycles. The normalized spacial score (nSPS) is 23.3. The summed E-state index contributed by atoms with van der Waals surface area (Å²) in [6, 6.07) is 19.4. The van der Waals surface area contributed by atoms with Crippen LogP contribution in [0.15, 0.2) is 54.6 Å². The van der Waals surface area contributed by atoms with Crippen molar-refractivity contribution >= 4 is 5.91 Å².